The van der Waals surface area contributed by atoms with Crippen molar-refractivity contribution >= 4 is 11.6 Å². The summed E-state index contributed by atoms with van der Waals surface area (Å²) in [7, 11) is 1.51. The molecular formula is C19H18N6O2. The first-order valence-corrected chi connectivity index (χ1v) is 8.41. The second-order valence-corrected chi connectivity index (χ2v) is 5.75. The number of tetrazole rings is 1. The lowest BCUT2D eigenvalue weighted by molar-refractivity contribution is -0.116. The van der Waals surface area contributed by atoms with Gasteiger partial charge in [0.05, 0.1) is 31.0 Å². The van der Waals surface area contributed by atoms with Crippen LogP contribution in [0.5, 0.6) is 5.75 Å². The van der Waals surface area contributed by atoms with E-state index in [1.54, 1.807) is 18.2 Å². The van der Waals surface area contributed by atoms with E-state index in [0.717, 1.165) is 5.56 Å². The van der Waals surface area contributed by atoms with Crippen LogP contribution in [0.2, 0.25) is 0 Å². The molecule has 0 fully saturated rings. The molecule has 0 aliphatic heterocycles. The van der Waals surface area contributed by atoms with Crippen LogP contribution in [0.15, 0.2) is 48.5 Å². The second-order valence-electron chi connectivity index (χ2n) is 5.75. The molecule has 1 amide bonds. The molecule has 1 heterocycles. The monoisotopic (exact) mass is 362 g/mol. The van der Waals surface area contributed by atoms with Crippen LogP contribution in [0.1, 0.15) is 18.4 Å². The highest BCUT2D eigenvalue weighted by Crippen LogP contribution is 2.25. The van der Waals surface area contributed by atoms with E-state index in [1.165, 1.54) is 11.9 Å². The normalized spacial score (nSPS) is 10.2. The molecule has 0 unspecified atom stereocenters. The van der Waals surface area contributed by atoms with E-state index < -0.39 is 0 Å². The van der Waals surface area contributed by atoms with Gasteiger partial charge in [0.1, 0.15) is 5.75 Å². The molecule has 136 valence electrons. The lowest BCUT2D eigenvalue weighted by atomic mass is 10.2. The van der Waals surface area contributed by atoms with Crippen molar-refractivity contribution in [2.45, 2.75) is 19.4 Å². The molecular weight excluding hydrogens is 344 g/mol. The van der Waals surface area contributed by atoms with Crippen LogP contribution in [-0.2, 0) is 11.3 Å². The largest absolute Gasteiger partial charge is 0.495 e. The Morgan fingerprint density at radius 1 is 1.26 bits per heavy atom. The van der Waals surface area contributed by atoms with E-state index in [4.69, 9.17) is 10.00 Å². The number of ether oxygens (including phenoxy) is 1. The number of carbonyl (C=O) groups excluding carboxylic acids is 1. The number of hydrogen-bond acceptors (Lipinski definition) is 6. The van der Waals surface area contributed by atoms with Crippen molar-refractivity contribution in [1.29, 1.82) is 5.26 Å². The van der Waals surface area contributed by atoms with Crippen molar-refractivity contribution in [1.82, 2.24) is 20.2 Å². The van der Waals surface area contributed by atoms with Crippen molar-refractivity contribution in [2.24, 2.45) is 0 Å². The zero-order chi connectivity index (χ0) is 19.1. The van der Waals surface area contributed by atoms with Crippen molar-refractivity contribution in [2.75, 3.05) is 12.4 Å². The Hall–Kier alpha value is -3.73. The van der Waals surface area contributed by atoms with Crippen LogP contribution in [-0.4, -0.2) is 33.2 Å². The number of nitrogens with zero attached hydrogens (tertiary/aromatic N) is 5. The van der Waals surface area contributed by atoms with Gasteiger partial charge in [0, 0.05) is 12.0 Å². The van der Waals surface area contributed by atoms with E-state index in [9.17, 15) is 4.79 Å². The first kappa shape index (κ1) is 18.1. The van der Waals surface area contributed by atoms with Crippen LogP contribution in [0, 0.1) is 11.3 Å². The van der Waals surface area contributed by atoms with Crippen molar-refractivity contribution < 1.29 is 9.53 Å². The minimum absolute atomic E-state index is 0.174. The molecule has 8 heteroatoms. The first-order chi connectivity index (χ1) is 13.2. The Morgan fingerprint density at radius 2 is 2.07 bits per heavy atom. The molecule has 0 bridgehead atoms. The molecule has 27 heavy (non-hydrogen) atoms. The number of amides is 1. The summed E-state index contributed by atoms with van der Waals surface area (Å²) in [6, 6.07) is 16.5. The summed E-state index contributed by atoms with van der Waals surface area (Å²) >= 11 is 0. The van der Waals surface area contributed by atoms with Gasteiger partial charge in [-0.25, -0.2) is 0 Å². The highest BCUT2D eigenvalue weighted by molar-refractivity contribution is 5.92. The van der Waals surface area contributed by atoms with Gasteiger partial charge in [0.2, 0.25) is 11.7 Å². The van der Waals surface area contributed by atoms with Crippen molar-refractivity contribution in [3.05, 3.63) is 54.1 Å². The number of nitriles is 1. The van der Waals surface area contributed by atoms with Gasteiger partial charge in [0.15, 0.2) is 0 Å². The highest BCUT2D eigenvalue weighted by atomic mass is 16.5. The Balaban J connectivity index is 1.53. The fraction of sp³-hybridized carbons (Fsp3) is 0.211. The summed E-state index contributed by atoms with van der Waals surface area (Å²) in [5.41, 5.74) is 1.82. The number of anilines is 1. The molecule has 1 N–H and O–H groups in total. The minimum atomic E-state index is -0.174. The van der Waals surface area contributed by atoms with E-state index >= 15 is 0 Å². The molecule has 0 radical (unpaired) electrons. The van der Waals surface area contributed by atoms with Gasteiger partial charge in [-0.1, -0.05) is 30.3 Å². The zero-order valence-electron chi connectivity index (χ0n) is 14.8. The average molecular weight is 362 g/mol. The van der Waals surface area contributed by atoms with Gasteiger partial charge in [-0.2, -0.15) is 10.1 Å². The predicted octanol–water partition coefficient (Wildman–Crippen LogP) is 2.64. The third-order valence-electron chi connectivity index (χ3n) is 3.85. The van der Waals surface area contributed by atoms with Crippen molar-refractivity contribution in [3.8, 4) is 23.2 Å². The number of aromatic nitrogens is 4. The number of rotatable bonds is 7. The number of hydrogen-bond donors (Lipinski definition) is 1. The van der Waals surface area contributed by atoms with E-state index in [-0.39, 0.29) is 12.3 Å². The van der Waals surface area contributed by atoms with Gasteiger partial charge >= 0.3 is 0 Å². The molecule has 1 aromatic heterocycles. The Kier molecular flexibility index (Phi) is 5.74. The lowest BCUT2D eigenvalue weighted by Gasteiger charge is -2.10. The van der Waals surface area contributed by atoms with Gasteiger partial charge in [-0.05, 0) is 29.8 Å². The fourth-order valence-corrected chi connectivity index (χ4v) is 2.51. The van der Waals surface area contributed by atoms with Crippen LogP contribution in [0.4, 0.5) is 5.69 Å². The summed E-state index contributed by atoms with van der Waals surface area (Å²) in [6.07, 6.45) is 0.832. The zero-order valence-corrected chi connectivity index (χ0v) is 14.8. The number of benzene rings is 2. The molecule has 3 rings (SSSR count). The van der Waals surface area contributed by atoms with Gasteiger partial charge in [0.25, 0.3) is 0 Å². The average Bonchev–Trinajstić information content (AvgIpc) is 3.17. The molecule has 8 nitrogen and oxygen atoms in total. The summed E-state index contributed by atoms with van der Waals surface area (Å²) in [4.78, 5) is 13.7. The SMILES string of the molecule is COc1ccc(C#N)cc1NC(=O)CCCn1nnc(-c2ccccc2)n1. The van der Waals surface area contributed by atoms with Crippen LogP contribution in [0.3, 0.4) is 0 Å². The highest BCUT2D eigenvalue weighted by Gasteiger charge is 2.10. The quantitative estimate of drug-likeness (QED) is 0.692. The van der Waals surface area contributed by atoms with Crippen LogP contribution in [0.25, 0.3) is 11.4 Å². The summed E-state index contributed by atoms with van der Waals surface area (Å²) in [6.45, 7) is 0.475. The van der Waals surface area contributed by atoms with Gasteiger partial charge in [-0.3, -0.25) is 4.79 Å². The Labute approximate surface area is 156 Å². The maximum absolute atomic E-state index is 12.2. The molecule has 0 spiro atoms. The Bertz CT molecular complexity index is 962. The standard InChI is InChI=1S/C19H18N6O2/c1-27-17-10-9-14(13-20)12-16(17)21-18(26)8-5-11-25-23-19(22-24-25)15-6-3-2-4-7-15/h2-4,6-7,9-10,12H,5,8,11H2,1H3,(H,21,26). The smallest absolute Gasteiger partial charge is 0.224 e. The van der Waals surface area contributed by atoms with E-state index in [0.29, 0.717) is 35.8 Å². The molecule has 0 saturated heterocycles. The van der Waals surface area contributed by atoms with Crippen LogP contribution >= 0.6 is 0 Å². The maximum Gasteiger partial charge on any atom is 0.224 e. The number of aryl methyl sites for hydroxylation is 1. The van der Waals surface area contributed by atoms with E-state index in [2.05, 4.69) is 20.7 Å². The van der Waals surface area contributed by atoms with E-state index in [1.807, 2.05) is 36.4 Å². The van der Waals surface area contributed by atoms with Crippen molar-refractivity contribution in [3.63, 3.8) is 0 Å². The molecule has 2 aromatic carbocycles. The van der Waals surface area contributed by atoms with Gasteiger partial charge in [-0.15, -0.1) is 10.2 Å². The maximum atomic E-state index is 12.2. The molecule has 0 aliphatic rings. The minimum Gasteiger partial charge on any atom is -0.495 e. The second kappa shape index (κ2) is 8.58. The predicted molar refractivity (Wildman–Crippen MR) is 98.8 cm³/mol. The number of methoxy groups -OCH3 is 1. The molecule has 0 atom stereocenters. The lowest BCUT2D eigenvalue weighted by Crippen LogP contribution is -2.14. The number of carbonyl (C=O) groups is 1. The topological polar surface area (TPSA) is 106 Å². The molecule has 3 aromatic rings. The molecule has 0 saturated carbocycles. The Morgan fingerprint density at radius 3 is 2.81 bits per heavy atom. The summed E-state index contributed by atoms with van der Waals surface area (Å²) in [5, 5.41) is 24.1. The third kappa shape index (κ3) is 4.67. The summed E-state index contributed by atoms with van der Waals surface area (Å²) in [5.74, 6) is 0.887. The fourth-order valence-electron chi connectivity index (χ4n) is 2.51. The van der Waals surface area contributed by atoms with Gasteiger partial charge < -0.3 is 10.1 Å². The molecule has 0 aliphatic carbocycles. The third-order valence-corrected chi connectivity index (χ3v) is 3.85. The van der Waals surface area contributed by atoms with Crippen LogP contribution < -0.4 is 10.1 Å². The first-order valence-electron chi connectivity index (χ1n) is 8.41. The summed E-state index contributed by atoms with van der Waals surface area (Å²) < 4.78 is 5.21. The number of nitrogens with one attached hydrogen (secondary N) is 1.